The van der Waals surface area contributed by atoms with Crippen molar-refractivity contribution in [2.75, 3.05) is 18.8 Å². The molecule has 1 aliphatic heterocycles. The van der Waals surface area contributed by atoms with Gasteiger partial charge in [0, 0.05) is 30.1 Å². The van der Waals surface area contributed by atoms with Gasteiger partial charge in [0.25, 0.3) is 5.69 Å². The van der Waals surface area contributed by atoms with E-state index in [4.69, 9.17) is 5.11 Å². The summed E-state index contributed by atoms with van der Waals surface area (Å²) in [4.78, 5) is 35.7. The van der Waals surface area contributed by atoms with Gasteiger partial charge in [-0.1, -0.05) is 0 Å². The first-order valence-corrected chi connectivity index (χ1v) is 7.69. The molecule has 1 aromatic rings. The van der Waals surface area contributed by atoms with E-state index < -0.39 is 16.3 Å². The van der Waals surface area contributed by atoms with Crippen molar-refractivity contribution in [3.05, 3.63) is 34.4 Å². The molecule has 1 fully saturated rings. The van der Waals surface area contributed by atoms with Gasteiger partial charge in [-0.05, 0) is 25.5 Å². The van der Waals surface area contributed by atoms with Crippen molar-refractivity contribution in [3.63, 3.8) is 0 Å². The number of nitro groups is 1. The van der Waals surface area contributed by atoms with Gasteiger partial charge in [0.2, 0.25) is 5.91 Å². The molecular weight excluding hydrogens is 308 g/mol. The lowest BCUT2D eigenvalue weighted by molar-refractivity contribution is -0.384. The first-order chi connectivity index (χ1) is 10.3. The van der Waals surface area contributed by atoms with Crippen molar-refractivity contribution in [3.8, 4) is 0 Å². The fourth-order valence-corrected chi connectivity index (χ4v) is 3.05. The molecule has 8 heteroatoms. The molecule has 2 rings (SSSR count). The number of hydrogen-bond acceptors (Lipinski definition) is 5. The Morgan fingerprint density at radius 2 is 2.05 bits per heavy atom. The van der Waals surface area contributed by atoms with E-state index in [1.165, 1.54) is 23.9 Å². The van der Waals surface area contributed by atoms with Gasteiger partial charge in [0.05, 0.1) is 16.1 Å². The summed E-state index contributed by atoms with van der Waals surface area (Å²) >= 11 is 1.28. The van der Waals surface area contributed by atoms with E-state index in [1.54, 1.807) is 24.0 Å². The molecule has 118 valence electrons. The Morgan fingerprint density at radius 3 is 2.55 bits per heavy atom. The summed E-state index contributed by atoms with van der Waals surface area (Å²) in [6, 6.07) is 5.98. The summed E-state index contributed by atoms with van der Waals surface area (Å²) in [7, 11) is 0. The maximum Gasteiger partial charge on any atom is 0.311 e. The van der Waals surface area contributed by atoms with Gasteiger partial charge in [-0.15, -0.1) is 11.8 Å². The lowest BCUT2D eigenvalue weighted by Crippen LogP contribution is -2.35. The van der Waals surface area contributed by atoms with Crippen LogP contribution >= 0.6 is 11.8 Å². The topological polar surface area (TPSA) is 101 Å². The molecule has 0 bridgehead atoms. The second-order valence-electron chi connectivity index (χ2n) is 5.47. The van der Waals surface area contributed by atoms with E-state index in [1.807, 2.05) is 0 Å². The van der Waals surface area contributed by atoms with Crippen molar-refractivity contribution >= 4 is 29.3 Å². The van der Waals surface area contributed by atoms with Crippen LogP contribution in [0.25, 0.3) is 0 Å². The van der Waals surface area contributed by atoms with Gasteiger partial charge >= 0.3 is 5.97 Å². The van der Waals surface area contributed by atoms with Gasteiger partial charge in [0.15, 0.2) is 0 Å². The van der Waals surface area contributed by atoms with E-state index in [-0.39, 0.29) is 23.9 Å². The van der Waals surface area contributed by atoms with Gasteiger partial charge in [-0.3, -0.25) is 19.7 Å². The summed E-state index contributed by atoms with van der Waals surface area (Å²) in [6.45, 7) is 2.32. The molecule has 0 radical (unpaired) electrons. The number of aliphatic carboxylic acids is 1. The molecule has 1 N–H and O–H groups in total. The standard InChI is InChI=1S/C14H16N2O5S/c1-14(13(18)19)6-7-15(9-14)12(17)8-22-11-4-2-10(3-5-11)16(20)21/h2-5H,6-9H2,1H3,(H,18,19). The fourth-order valence-electron chi connectivity index (χ4n) is 2.25. The second-order valence-corrected chi connectivity index (χ2v) is 6.52. The smallest absolute Gasteiger partial charge is 0.311 e. The van der Waals surface area contributed by atoms with Crippen LogP contribution in [-0.4, -0.2) is 45.6 Å². The molecule has 7 nitrogen and oxygen atoms in total. The molecule has 0 spiro atoms. The molecule has 1 aliphatic rings. The summed E-state index contributed by atoms with van der Waals surface area (Å²) in [5, 5.41) is 19.7. The van der Waals surface area contributed by atoms with Crippen molar-refractivity contribution in [1.29, 1.82) is 0 Å². The van der Waals surface area contributed by atoms with Crippen LogP contribution in [0.15, 0.2) is 29.2 Å². The average molecular weight is 324 g/mol. The van der Waals surface area contributed by atoms with Gasteiger partial charge in [-0.2, -0.15) is 0 Å². The number of likely N-dealkylation sites (tertiary alicyclic amines) is 1. The third kappa shape index (κ3) is 3.56. The van der Waals surface area contributed by atoms with Crippen LogP contribution in [0.4, 0.5) is 5.69 Å². The quantitative estimate of drug-likeness (QED) is 0.505. The van der Waals surface area contributed by atoms with E-state index in [2.05, 4.69) is 0 Å². The summed E-state index contributed by atoms with van der Waals surface area (Å²) < 4.78 is 0. The van der Waals surface area contributed by atoms with Gasteiger partial charge in [-0.25, -0.2) is 0 Å². The molecule has 1 atom stereocenters. The molecular formula is C14H16N2O5S. The van der Waals surface area contributed by atoms with E-state index in [0.29, 0.717) is 13.0 Å². The third-order valence-electron chi connectivity index (χ3n) is 3.75. The minimum absolute atomic E-state index is 0.00689. The highest BCUT2D eigenvalue weighted by Crippen LogP contribution is 2.31. The number of hydrogen-bond donors (Lipinski definition) is 1. The molecule has 1 aromatic carbocycles. The maximum absolute atomic E-state index is 12.1. The first-order valence-electron chi connectivity index (χ1n) is 6.70. The number of thioether (sulfide) groups is 1. The number of rotatable bonds is 5. The van der Waals surface area contributed by atoms with E-state index >= 15 is 0 Å². The number of non-ortho nitro benzene ring substituents is 1. The van der Waals surface area contributed by atoms with Crippen LogP contribution in [0.2, 0.25) is 0 Å². The molecule has 22 heavy (non-hydrogen) atoms. The second kappa shape index (κ2) is 6.35. The number of carboxylic acid groups (broad SMARTS) is 1. The predicted molar refractivity (Wildman–Crippen MR) is 80.8 cm³/mol. The molecule has 1 saturated heterocycles. The van der Waals surface area contributed by atoms with Crippen molar-refractivity contribution in [1.82, 2.24) is 4.90 Å². The van der Waals surface area contributed by atoms with E-state index in [0.717, 1.165) is 4.90 Å². The largest absolute Gasteiger partial charge is 0.481 e. The van der Waals surface area contributed by atoms with Crippen molar-refractivity contribution in [2.45, 2.75) is 18.2 Å². The Bertz CT molecular complexity index is 604. The van der Waals surface area contributed by atoms with E-state index in [9.17, 15) is 19.7 Å². The predicted octanol–water partition coefficient (Wildman–Crippen LogP) is 2.01. The minimum atomic E-state index is -0.883. The number of benzene rings is 1. The molecule has 1 amide bonds. The number of carbonyl (C=O) groups excluding carboxylic acids is 1. The normalized spacial score (nSPS) is 20.9. The van der Waals surface area contributed by atoms with Crippen LogP contribution in [0.1, 0.15) is 13.3 Å². The number of nitrogens with zero attached hydrogens (tertiary/aromatic N) is 2. The van der Waals surface area contributed by atoms with Crippen LogP contribution < -0.4 is 0 Å². The highest BCUT2D eigenvalue weighted by molar-refractivity contribution is 8.00. The highest BCUT2D eigenvalue weighted by atomic mass is 32.2. The van der Waals surface area contributed by atoms with Crippen molar-refractivity contribution < 1.29 is 19.6 Å². The third-order valence-corrected chi connectivity index (χ3v) is 4.75. The zero-order valence-electron chi connectivity index (χ0n) is 12.0. The number of amides is 1. The zero-order chi connectivity index (χ0) is 16.3. The summed E-state index contributed by atoms with van der Waals surface area (Å²) in [5.74, 6) is -0.813. The Balaban J connectivity index is 1.88. The number of carbonyl (C=O) groups is 2. The minimum Gasteiger partial charge on any atom is -0.481 e. The number of nitro benzene ring substituents is 1. The molecule has 0 aliphatic carbocycles. The Morgan fingerprint density at radius 1 is 1.41 bits per heavy atom. The lowest BCUT2D eigenvalue weighted by atomic mass is 9.90. The van der Waals surface area contributed by atoms with Crippen molar-refractivity contribution in [2.24, 2.45) is 5.41 Å². The summed E-state index contributed by atoms with van der Waals surface area (Å²) in [6.07, 6.45) is 0.455. The van der Waals surface area contributed by atoms with Crippen LogP contribution in [0, 0.1) is 15.5 Å². The Kier molecular flexibility index (Phi) is 4.70. The Labute approximate surface area is 131 Å². The summed E-state index contributed by atoms with van der Waals surface area (Å²) in [5.41, 5.74) is -0.860. The van der Waals surface area contributed by atoms with Crippen LogP contribution in [0.3, 0.4) is 0 Å². The fraction of sp³-hybridized carbons (Fsp3) is 0.429. The lowest BCUT2D eigenvalue weighted by Gasteiger charge is -2.20. The molecule has 1 unspecified atom stereocenters. The molecule has 0 saturated carbocycles. The number of carboxylic acids is 1. The average Bonchev–Trinajstić information content (AvgIpc) is 2.89. The first kappa shape index (κ1) is 16.3. The highest BCUT2D eigenvalue weighted by Gasteiger charge is 2.41. The monoisotopic (exact) mass is 324 g/mol. The Hall–Kier alpha value is -2.09. The molecule has 0 aromatic heterocycles. The zero-order valence-corrected chi connectivity index (χ0v) is 12.8. The maximum atomic E-state index is 12.1. The van der Waals surface area contributed by atoms with Crippen LogP contribution in [-0.2, 0) is 9.59 Å². The SMILES string of the molecule is CC1(C(=O)O)CCN(C(=O)CSc2ccc([N+](=O)[O-])cc2)C1. The van der Waals surface area contributed by atoms with Gasteiger partial charge in [0.1, 0.15) is 0 Å². The van der Waals surface area contributed by atoms with Gasteiger partial charge < -0.3 is 10.0 Å². The molecule has 1 heterocycles. The van der Waals surface area contributed by atoms with Crippen LogP contribution in [0.5, 0.6) is 0 Å².